The summed E-state index contributed by atoms with van der Waals surface area (Å²) in [5, 5.41) is 1.12. The first-order valence-corrected chi connectivity index (χ1v) is 8.12. The largest absolute Gasteiger partial charge is 1.00 e. The van der Waals surface area contributed by atoms with Gasteiger partial charge in [0.2, 0.25) is 5.91 Å². The van der Waals surface area contributed by atoms with E-state index >= 15 is 0 Å². The topological polar surface area (TPSA) is 89.9 Å². The number of rotatable bonds is 8. The van der Waals surface area contributed by atoms with Crippen molar-refractivity contribution in [3.63, 3.8) is 0 Å². The monoisotopic (exact) mass is 323 g/mol. The second-order valence-corrected chi connectivity index (χ2v) is 6.13. The molecule has 1 rings (SSSR count). The van der Waals surface area contributed by atoms with Crippen LogP contribution in [0.1, 0.15) is 18.9 Å². The van der Waals surface area contributed by atoms with E-state index in [1.807, 2.05) is 30.3 Å². The molecule has 1 aromatic carbocycles. The molecule has 1 aromatic rings. The molecule has 0 aliphatic rings. The predicted molar refractivity (Wildman–Crippen MR) is 72.8 cm³/mol. The van der Waals surface area contributed by atoms with E-state index in [0.717, 1.165) is 10.6 Å². The maximum atomic E-state index is 11.3. The molecule has 0 heterocycles. The molecule has 0 spiro atoms. The minimum Gasteiger partial charge on any atom is -0.779 e. The number of nitrogens with zero attached hydrogens (tertiary/aromatic N) is 1. The molecule has 0 aliphatic carbocycles. The van der Waals surface area contributed by atoms with Gasteiger partial charge in [-0.25, -0.2) is 5.06 Å². The van der Waals surface area contributed by atoms with E-state index in [4.69, 9.17) is 9.73 Å². The Balaban J connectivity index is 0.00000400. The molecule has 0 aromatic heterocycles. The fourth-order valence-corrected chi connectivity index (χ4v) is 2.19. The third-order valence-corrected chi connectivity index (χ3v) is 3.52. The van der Waals surface area contributed by atoms with Gasteiger partial charge in [-0.2, -0.15) is 0 Å². The van der Waals surface area contributed by atoms with Gasteiger partial charge in [-0.05, 0) is 18.4 Å². The van der Waals surface area contributed by atoms with E-state index in [0.29, 0.717) is 13.0 Å². The zero-order valence-electron chi connectivity index (χ0n) is 12.4. The standard InChI is InChI=1S/C13H20NO5P.Na/c1-12(15)14(9-5-11-20(16,17)18)19-10-8-13-6-3-2-4-7-13;/h2-4,6-7H,5,8-11H2,1H3,(H2,16,17,18);/q;+1/p-1. The number of amides is 1. The minimum atomic E-state index is -4.27. The van der Waals surface area contributed by atoms with Crippen LogP contribution in [0.2, 0.25) is 0 Å². The summed E-state index contributed by atoms with van der Waals surface area (Å²) in [6.07, 6.45) is 0.436. The van der Waals surface area contributed by atoms with E-state index in [9.17, 15) is 14.3 Å². The second-order valence-electron chi connectivity index (χ2n) is 4.40. The summed E-state index contributed by atoms with van der Waals surface area (Å²) < 4.78 is 10.6. The predicted octanol–water partition coefficient (Wildman–Crippen LogP) is -2.05. The Morgan fingerprint density at radius 2 is 2.00 bits per heavy atom. The van der Waals surface area contributed by atoms with Gasteiger partial charge in [-0.3, -0.25) is 9.63 Å². The third kappa shape index (κ3) is 10.2. The van der Waals surface area contributed by atoms with Gasteiger partial charge in [0.05, 0.1) is 6.61 Å². The first-order chi connectivity index (χ1) is 9.38. The Morgan fingerprint density at radius 1 is 1.38 bits per heavy atom. The molecule has 21 heavy (non-hydrogen) atoms. The van der Waals surface area contributed by atoms with Crippen LogP contribution in [0.5, 0.6) is 0 Å². The summed E-state index contributed by atoms with van der Waals surface area (Å²) in [6, 6.07) is 9.68. The Labute approximate surface area is 146 Å². The Morgan fingerprint density at radius 3 is 2.52 bits per heavy atom. The van der Waals surface area contributed by atoms with Gasteiger partial charge >= 0.3 is 29.6 Å². The van der Waals surface area contributed by atoms with Crippen molar-refractivity contribution in [3.8, 4) is 0 Å². The van der Waals surface area contributed by atoms with Crippen LogP contribution in [-0.2, 0) is 20.6 Å². The number of hydrogen-bond donors (Lipinski definition) is 1. The van der Waals surface area contributed by atoms with Crippen molar-refractivity contribution in [3.05, 3.63) is 35.9 Å². The summed E-state index contributed by atoms with van der Waals surface area (Å²) in [5.74, 6) is -0.295. The van der Waals surface area contributed by atoms with Crippen LogP contribution in [0.25, 0.3) is 0 Å². The van der Waals surface area contributed by atoms with E-state index in [1.54, 1.807) is 0 Å². The molecule has 0 bridgehead atoms. The maximum absolute atomic E-state index is 11.3. The quantitative estimate of drug-likeness (QED) is 0.338. The van der Waals surface area contributed by atoms with Crippen molar-refractivity contribution in [2.75, 3.05) is 19.3 Å². The van der Waals surface area contributed by atoms with Crippen molar-refractivity contribution in [2.24, 2.45) is 0 Å². The van der Waals surface area contributed by atoms with Crippen molar-refractivity contribution in [1.82, 2.24) is 5.06 Å². The Hall–Kier alpha value is -0.200. The van der Waals surface area contributed by atoms with E-state index < -0.39 is 7.60 Å². The molecule has 1 N–H and O–H groups in total. The molecule has 1 atom stereocenters. The smallest absolute Gasteiger partial charge is 0.779 e. The van der Waals surface area contributed by atoms with Gasteiger partial charge < -0.3 is 14.4 Å². The summed E-state index contributed by atoms with van der Waals surface area (Å²) >= 11 is 0. The van der Waals surface area contributed by atoms with Gasteiger partial charge in [0.1, 0.15) is 7.60 Å². The summed E-state index contributed by atoms with van der Waals surface area (Å²) in [6.45, 7) is 1.81. The fourth-order valence-electron chi connectivity index (χ4n) is 1.65. The molecule has 112 valence electrons. The number of carbonyl (C=O) groups excluding carboxylic acids is 1. The number of hydrogen-bond acceptors (Lipinski definition) is 4. The molecule has 0 fully saturated rings. The SMILES string of the molecule is CC(=O)N(CCCP(=O)([O-])O)OCCc1ccccc1.[Na+]. The molecular weight excluding hydrogens is 304 g/mol. The summed E-state index contributed by atoms with van der Waals surface area (Å²) in [7, 11) is -4.27. The van der Waals surface area contributed by atoms with Crippen molar-refractivity contribution >= 4 is 13.5 Å². The first-order valence-electron chi connectivity index (χ1n) is 6.36. The van der Waals surface area contributed by atoms with Crippen LogP contribution in [0.15, 0.2) is 30.3 Å². The zero-order chi connectivity index (χ0) is 15.0. The van der Waals surface area contributed by atoms with Crippen LogP contribution in [-0.4, -0.2) is 35.2 Å². The second kappa shape index (κ2) is 10.5. The summed E-state index contributed by atoms with van der Waals surface area (Å²) in [4.78, 5) is 35.9. The molecule has 0 saturated carbocycles. The van der Waals surface area contributed by atoms with Gasteiger partial charge in [0.15, 0.2) is 0 Å². The number of benzene rings is 1. The number of hydroxylamine groups is 2. The van der Waals surface area contributed by atoms with Crippen LogP contribution < -0.4 is 34.5 Å². The van der Waals surface area contributed by atoms with E-state index in [2.05, 4.69) is 0 Å². The molecule has 0 radical (unpaired) electrons. The first kappa shape index (κ1) is 20.8. The average Bonchev–Trinajstić information content (AvgIpc) is 2.36. The van der Waals surface area contributed by atoms with E-state index in [1.165, 1.54) is 6.92 Å². The molecule has 0 aliphatic heterocycles. The normalized spacial score (nSPS) is 13.1. The Bertz CT molecular complexity index is 465. The summed E-state index contributed by atoms with van der Waals surface area (Å²) in [5.41, 5.74) is 1.09. The van der Waals surface area contributed by atoms with Crippen LogP contribution >= 0.6 is 7.60 Å². The average molecular weight is 323 g/mol. The number of carbonyl (C=O) groups is 1. The molecule has 1 amide bonds. The molecule has 6 nitrogen and oxygen atoms in total. The Kier molecular flexibility index (Phi) is 10.4. The minimum absolute atomic E-state index is 0. The molecule has 8 heteroatoms. The van der Waals surface area contributed by atoms with E-state index in [-0.39, 0.29) is 54.6 Å². The van der Waals surface area contributed by atoms with Gasteiger partial charge in [0.25, 0.3) is 0 Å². The van der Waals surface area contributed by atoms with Crippen LogP contribution in [0, 0.1) is 0 Å². The zero-order valence-corrected chi connectivity index (χ0v) is 15.3. The van der Waals surface area contributed by atoms with Gasteiger partial charge in [-0.15, -0.1) is 0 Å². The third-order valence-electron chi connectivity index (χ3n) is 2.63. The molecule has 0 saturated heterocycles. The van der Waals surface area contributed by atoms with Gasteiger partial charge in [0, 0.05) is 19.6 Å². The van der Waals surface area contributed by atoms with Crippen LogP contribution in [0.3, 0.4) is 0 Å². The van der Waals surface area contributed by atoms with Crippen molar-refractivity contribution in [1.29, 1.82) is 0 Å². The fraction of sp³-hybridized carbons (Fsp3) is 0.462. The maximum Gasteiger partial charge on any atom is 1.00 e. The van der Waals surface area contributed by atoms with Crippen molar-refractivity contribution in [2.45, 2.75) is 19.8 Å². The molecular formula is C13H19NNaO5P. The van der Waals surface area contributed by atoms with Gasteiger partial charge in [-0.1, -0.05) is 30.3 Å². The van der Waals surface area contributed by atoms with Crippen molar-refractivity contribution < 1.29 is 53.5 Å². The van der Waals surface area contributed by atoms with Crippen LogP contribution in [0.4, 0.5) is 0 Å². The molecule has 1 unspecified atom stereocenters.